The SMILES string of the molecule is ClC(c1ccc(I)cc1)c1ccc(Br)c2ccccc12. The van der Waals surface area contributed by atoms with Crippen molar-refractivity contribution in [2.24, 2.45) is 0 Å². The van der Waals surface area contributed by atoms with Crippen LogP contribution >= 0.6 is 50.1 Å². The van der Waals surface area contributed by atoms with Crippen molar-refractivity contribution in [3.63, 3.8) is 0 Å². The van der Waals surface area contributed by atoms with Crippen molar-refractivity contribution in [3.05, 3.63) is 79.8 Å². The van der Waals surface area contributed by atoms with E-state index < -0.39 is 0 Å². The second kappa shape index (κ2) is 6.04. The molecule has 0 aromatic heterocycles. The molecule has 0 amide bonds. The number of rotatable bonds is 2. The van der Waals surface area contributed by atoms with Gasteiger partial charge in [-0.15, -0.1) is 11.6 Å². The highest BCUT2D eigenvalue weighted by atomic mass is 127. The Bertz CT molecular complexity index is 753. The standard InChI is InChI=1S/C17H11BrClI/c18-16-10-9-15(13-3-1-2-4-14(13)16)17(19)11-5-7-12(20)8-6-11/h1-10,17H. The highest BCUT2D eigenvalue weighted by molar-refractivity contribution is 14.1. The minimum absolute atomic E-state index is 0.134. The van der Waals surface area contributed by atoms with Gasteiger partial charge in [0.25, 0.3) is 0 Å². The summed E-state index contributed by atoms with van der Waals surface area (Å²) < 4.78 is 2.32. The van der Waals surface area contributed by atoms with Gasteiger partial charge < -0.3 is 0 Å². The molecule has 0 spiro atoms. The van der Waals surface area contributed by atoms with E-state index in [1.54, 1.807) is 0 Å². The normalized spacial score (nSPS) is 12.6. The summed E-state index contributed by atoms with van der Waals surface area (Å²) in [5, 5.41) is 2.26. The topological polar surface area (TPSA) is 0 Å². The van der Waals surface area contributed by atoms with E-state index in [1.165, 1.54) is 14.3 Å². The third kappa shape index (κ3) is 2.74. The molecule has 0 N–H and O–H groups in total. The van der Waals surface area contributed by atoms with Gasteiger partial charge in [0, 0.05) is 8.04 Å². The molecule has 1 atom stereocenters. The van der Waals surface area contributed by atoms with Crippen molar-refractivity contribution in [1.29, 1.82) is 0 Å². The summed E-state index contributed by atoms with van der Waals surface area (Å²) in [6, 6.07) is 20.9. The van der Waals surface area contributed by atoms with E-state index in [4.69, 9.17) is 11.6 Å². The van der Waals surface area contributed by atoms with E-state index in [9.17, 15) is 0 Å². The van der Waals surface area contributed by atoms with Gasteiger partial charge in [-0.25, -0.2) is 0 Å². The fraction of sp³-hybridized carbons (Fsp3) is 0.0588. The van der Waals surface area contributed by atoms with Crippen LogP contribution in [0, 0.1) is 3.57 Å². The van der Waals surface area contributed by atoms with Crippen LogP contribution in [-0.4, -0.2) is 0 Å². The molecular formula is C17H11BrClI. The molecule has 0 saturated carbocycles. The Kier molecular flexibility index (Phi) is 4.34. The lowest BCUT2D eigenvalue weighted by Gasteiger charge is -2.14. The average molecular weight is 458 g/mol. The molecule has 0 aliphatic carbocycles. The van der Waals surface area contributed by atoms with Crippen LogP contribution in [0.4, 0.5) is 0 Å². The first kappa shape index (κ1) is 14.4. The van der Waals surface area contributed by atoms with Crippen molar-refractivity contribution in [2.75, 3.05) is 0 Å². The molecule has 0 bridgehead atoms. The summed E-state index contributed by atoms with van der Waals surface area (Å²) in [6.45, 7) is 0. The van der Waals surface area contributed by atoms with Crippen molar-refractivity contribution in [1.82, 2.24) is 0 Å². The lowest BCUT2D eigenvalue weighted by atomic mass is 9.98. The molecule has 3 aromatic carbocycles. The maximum Gasteiger partial charge on any atom is 0.0841 e. The Morgan fingerprint density at radius 1 is 0.850 bits per heavy atom. The molecule has 0 fully saturated rings. The summed E-state index contributed by atoms with van der Waals surface area (Å²) in [6.07, 6.45) is 0. The smallest absolute Gasteiger partial charge is 0.0841 e. The maximum absolute atomic E-state index is 6.70. The Morgan fingerprint density at radius 3 is 2.20 bits per heavy atom. The zero-order valence-electron chi connectivity index (χ0n) is 10.5. The molecule has 100 valence electrons. The fourth-order valence-electron chi connectivity index (χ4n) is 2.32. The van der Waals surface area contributed by atoms with Crippen LogP contribution in [0.2, 0.25) is 0 Å². The molecule has 0 heterocycles. The zero-order valence-corrected chi connectivity index (χ0v) is 15.0. The third-order valence-corrected chi connectivity index (χ3v) is 5.24. The number of benzene rings is 3. The first-order valence-corrected chi connectivity index (χ1v) is 8.54. The Labute approximate surface area is 145 Å². The van der Waals surface area contributed by atoms with Gasteiger partial charge in [-0.05, 0) is 62.7 Å². The molecular weight excluding hydrogens is 446 g/mol. The minimum Gasteiger partial charge on any atom is -0.113 e. The van der Waals surface area contributed by atoms with Crippen LogP contribution in [0.1, 0.15) is 16.5 Å². The van der Waals surface area contributed by atoms with Crippen LogP contribution in [0.3, 0.4) is 0 Å². The highest BCUT2D eigenvalue weighted by Crippen LogP contribution is 2.36. The first-order valence-electron chi connectivity index (χ1n) is 6.23. The minimum atomic E-state index is -0.134. The van der Waals surface area contributed by atoms with Crippen molar-refractivity contribution < 1.29 is 0 Å². The molecule has 3 aromatic rings. The molecule has 20 heavy (non-hydrogen) atoms. The van der Waals surface area contributed by atoms with Gasteiger partial charge in [-0.3, -0.25) is 0 Å². The Balaban J connectivity index is 2.14. The van der Waals surface area contributed by atoms with E-state index in [0.29, 0.717) is 0 Å². The number of hydrogen-bond acceptors (Lipinski definition) is 0. The number of hydrogen-bond donors (Lipinski definition) is 0. The Hall–Kier alpha value is -0.580. The van der Waals surface area contributed by atoms with E-state index >= 15 is 0 Å². The van der Waals surface area contributed by atoms with E-state index in [2.05, 4.69) is 93.1 Å². The van der Waals surface area contributed by atoms with Gasteiger partial charge >= 0.3 is 0 Å². The van der Waals surface area contributed by atoms with Crippen molar-refractivity contribution in [2.45, 2.75) is 5.38 Å². The van der Waals surface area contributed by atoms with Gasteiger partial charge in [0.15, 0.2) is 0 Å². The number of fused-ring (bicyclic) bond motifs is 1. The summed E-state index contributed by atoms with van der Waals surface area (Å²) in [4.78, 5) is 0. The lowest BCUT2D eigenvalue weighted by Crippen LogP contribution is -1.95. The summed E-state index contributed by atoms with van der Waals surface area (Å²) in [5.41, 5.74) is 2.27. The number of alkyl halides is 1. The molecule has 3 heteroatoms. The van der Waals surface area contributed by atoms with Crippen LogP contribution in [0.25, 0.3) is 10.8 Å². The highest BCUT2D eigenvalue weighted by Gasteiger charge is 2.14. The molecule has 0 aliphatic heterocycles. The van der Waals surface area contributed by atoms with Crippen LogP contribution in [0.5, 0.6) is 0 Å². The predicted octanol–water partition coefficient (Wildman–Crippen LogP) is 6.54. The fourth-order valence-corrected chi connectivity index (χ4v) is 3.49. The van der Waals surface area contributed by atoms with Crippen LogP contribution in [-0.2, 0) is 0 Å². The largest absolute Gasteiger partial charge is 0.113 e. The third-order valence-electron chi connectivity index (χ3n) is 3.34. The molecule has 0 aliphatic rings. The van der Waals surface area contributed by atoms with E-state index in [0.717, 1.165) is 15.6 Å². The average Bonchev–Trinajstić information content (AvgIpc) is 2.48. The maximum atomic E-state index is 6.70. The predicted molar refractivity (Wildman–Crippen MR) is 98.5 cm³/mol. The quantitative estimate of drug-likeness (QED) is 0.303. The van der Waals surface area contributed by atoms with E-state index in [-0.39, 0.29) is 5.38 Å². The summed E-state index contributed by atoms with van der Waals surface area (Å²) in [5.74, 6) is 0. The molecule has 1 unspecified atom stereocenters. The van der Waals surface area contributed by atoms with Crippen LogP contribution in [0.15, 0.2) is 65.1 Å². The van der Waals surface area contributed by atoms with Crippen LogP contribution < -0.4 is 0 Å². The van der Waals surface area contributed by atoms with E-state index in [1.807, 2.05) is 6.07 Å². The van der Waals surface area contributed by atoms with Gasteiger partial charge in [-0.1, -0.05) is 58.4 Å². The lowest BCUT2D eigenvalue weighted by molar-refractivity contribution is 1.16. The number of halogens is 3. The van der Waals surface area contributed by atoms with Crippen molar-refractivity contribution >= 4 is 60.9 Å². The van der Waals surface area contributed by atoms with Gasteiger partial charge in [-0.2, -0.15) is 0 Å². The molecule has 3 rings (SSSR count). The van der Waals surface area contributed by atoms with Crippen molar-refractivity contribution in [3.8, 4) is 0 Å². The summed E-state index contributed by atoms with van der Waals surface area (Å²) in [7, 11) is 0. The molecule has 0 saturated heterocycles. The Morgan fingerprint density at radius 2 is 1.50 bits per heavy atom. The summed E-state index contributed by atoms with van der Waals surface area (Å²) >= 11 is 12.6. The second-order valence-electron chi connectivity index (χ2n) is 4.60. The zero-order chi connectivity index (χ0) is 14.1. The second-order valence-corrected chi connectivity index (χ2v) is 7.13. The first-order chi connectivity index (χ1) is 9.66. The van der Waals surface area contributed by atoms with Gasteiger partial charge in [0.05, 0.1) is 5.38 Å². The van der Waals surface area contributed by atoms with Gasteiger partial charge in [0.2, 0.25) is 0 Å². The molecule has 0 radical (unpaired) electrons. The monoisotopic (exact) mass is 456 g/mol. The van der Waals surface area contributed by atoms with Gasteiger partial charge in [0.1, 0.15) is 0 Å². The molecule has 0 nitrogen and oxygen atoms in total.